The molecule has 0 unspecified atom stereocenters. The fourth-order valence-corrected chi connectivity index (χ4v) is 7.69. The lowest BCUT2D eigenvalue weighted by Gasteiger charge is -2.42. The minimum atomic E-state index is 0.0687. The van der Waals surface area contributed by atoms with Gasteiger partial charge in [0.15, 0.2) is 5.82 Å². The molecule has 0 bridgehead atoms. The summed E-state index contributed by atoms with van der Waals surface area (Å²) in [6.45, 7) is 9.46. The van der Waals surface area contributed by atoms with E-state index in [-0.39, 0.29) is 10.8 Å². The van der Waals surface area contributed by atoms with Crippen molar-refractivity contribution in [2.75, 3.05) is 0 Å². The normalized spacial score (nSPS) is 15.6. The van der Waals surface area contributed by atoms with Crippen LogP contribution in [0, 0.1) is 0 Å². The van der Waals surface area contributed by atoms with Crippen molar-refractivity contribution in [3.8, 4) is 23.3 Å². The van der Waals surface area contributed by atoms with E-state index in [1.54, 1.807) is 0 Å². The maximum absolute atomic E-state index is 5.29. The molecule has 5 nitrogen and oxygen atoms in total. The van der Waals surface area contributed by atoms with Crippen molar-refractivity contribution >= 4 is 43.6 Å². The van der Waals surface area contributed by atoms with E-state index in [1.807, 2.05) is 0 Å². The summed E-state index contributed by atoms with van der Waals surface area (Å²) in [6.07, 6.45) is 2.32. The van der Waals surface area contributed by atoms with Crippen LogP contribution in [0.25, 0.3) is 66.9 Å². The summed E-state index contributed by atoms with van der Waals surface area (Å²) in [4.78, 5) is 15.8. The average Bonchev–Trinajstić information content (AvgIpc) is 3.60. The van der Waals surface area contributed by atoms with Crippen LogP contribution in [0.4, 0.5) is 0 Å². The lowest BCUT2D eigenvalue weighted by Crippen LogP contribution is -2.33. The molecule has 1 aliphatic carbocycles. The lowest BCUT2D eigenvalue weighted by atomic mass is 9.63. The first-order valence-electron chi connectivity index (χ1n) is 16.2. The standard InChI is InChI=1S/C41H35N5/c1-40(2)23-24-41(3,4)32-25-26(21-22-31(32)40)37-42-38(45-33-17-9-5-13-27(33)28-14-6-10-18-34(28)45)44-39(43-37)46-35-19-11-7-15-29(35)30-16-8-12-20-36(30)46/h5-22,25H,23-24H2,1-4H3. The number of fused-ring (bicyclic) bond motifs is 7. The number of hydrogen-bond acceptors (Lipinski definition) is 3. The Morgan fingerprint density at radius 2 is 0.848 bits per heavy atom. The molecule has 0 spiro atoms. The molecule has 46 heavy (non-hydrogen) atoms. The summed E-state index contributed by atoms with van der Waals surface area (Å²) >= 11 is 0. The molecule has 224 valence electrons. The van der Waals surface area contributed by atoms with Crippen LogP contribution in [0.5, 0.6) is 0 Å². The highest BCUT2D eigenvalue weighted by Crippen LogP contribution is 2.46. The van der Waals surface area contributed by atoms with Crippen LogP contribution in [0.1, 0.15) is 51.7 Å². The average molecular weight is 598 g/mol. The monoisotopic (exact) mass is 597 g/mol. The summed E-state index contributed by atoms with van der Waals surface area (Å²) < 4.78 is 4.39. The molecule has 3 heterocycles. The largest absolute Gasteiger partial charge is 0.278 e. The molecule has 0 fully saturated rings. The second kappa shape index (κ2) is 9.60. The SMILES string of the molecule is CC1(C)CCC(C)(C)c2cc(-c3nc(-n4c5ccccc5c5ccccc54)nc(-n4c5ccccc5c5ccccc54)n3)ccc21. The predicted octanol–water partition coefficient (Wildman–Crippen LogP) is 10.1. The van der Waals surface area contributed by atoms with Crippen LogP contribution in [-0.2, 0) is 10.8 Å². The molecule has 0 saturated heterocycles. The van der Waals surface area contributed by atoms with Crippen molar-refractivity contribution in [1.82, 2.24) is 24.1 Å². The van der Waals surface area contributed by atoms with Gasteiger partial charge >= 0.3 is 0 Å². The predicted molar refractivity (Wildman–Crippen MR) is 189 cm³/mol. The van der Waals surface area contributed by atoms with Gasteiger partial charge in [0.1, 0.15) is 0 Å². The Kier molecular flexibility index (Phi) is 5.65. The Hall–Kier alpha value is -5.29. The first-order valence-corrected chi connectivity index (χ1v) is 16.2. The second-order valence-corrected chi connectivity index (χ2v) is 14.0. The van der Waals surface area contributed by atoms with E-state index in [2.05, 4.69) is 152 Å². The summed E-state index contributed by atoms with van der Waals surface area (Å²) in [5.41, 5.74) is 8.31. The van der Waals surface area contributed by atoms with Crippen LogP contribution < -0.4 is 0 Å². The molecule has 0 atom stereocenters. The number of nitrogens with zero attached hydrogens (tertiary/aromatic N) is 5. The van der Waals surface area contributed by atoms with Crippen LogP contribution in [0.15, 0.2) is 115 Å². The maximum Gasteiger partial charge on any atom is 0.240 e. The Morgan fingerprint density at radius 1 is 0.457 bits per heavy atom. The van der Waals surface area contributed by atoms with Crippen LogP contribution in [-0.4, -0.2) is 24.1 Å². The van der Waals surface area contributed by atoms with Crippen molar-refractivity contribution in [2.45, 2.75) is 51.4 Å². The van der Waals surface area contributed by atoms with E-state index in [4.69, 9.17) is 15.0 Å². The van der Waals surface area contributed by atoms with Gasteiger partial charge in [-0.2, -0.15) is 15.0 Å². The van der Waals surface area contributed by atoms with Crippen LogP contribution in [0.3, 0.4) is 0 Å². The lowest BCUT2D eigenvalue weighted by molar-refractivity contribution is 0.332. The molecule has 0 N–H and O–H groups in total. The Morgan fingerprint density at radius 3 is 1.28 bits per heavy atom. The van der Waals surface area contributed by atoms with E-state index in [9.17, 15) is 0 Å². The third-order valence-electron chi connectivity index (χ3n) is 10.3. The molecule has 0 amide bonds. The fourth-order valence-electron chi connectivity index (χ4n) is 7.69. The molecule has 0 saturated carbocycles. The third-order valence-corrected chi connectivity index (χ3v) is 10.3. The van der Waals surface area contributed by atoms with Crippen molar-refractivity contribution in [2.24, 2.45) is 0 Å². The van der Waals surface area contributed by atoms with Gasteiger partial charge in [-0.1, -0.05) is 113 Å². The molecule has 9 rings (SSSR count). The summed E-state index contributed by atoms with van der Waals surface area (Å²) in [5, 5.41) is 4.71. The van der Waals surface area contributed by atoms with E-state index in [1.165, 1.54) is 39.1 Å². The van der Waals surface area contributed by atoms with E-state index in [0.29, 0.717) is 17.7 Å². The minimum Gasteiger partial charge on any atom is -0.278 e. The zero-order valence-electron chi connectivity index (χ0n) is 26.6. The smallest absolute Gasteiger partial charge is 0.240 e. The summed E-state index contributed by atoms with van der Waals surface area (Å²) in [5.74, 6) is 1.89. The molecule has 1 aliphatic rings. The van der Waals surface area contributed by atoms with Crippen molar-refractivity contribution in [1.29, 1.82) is 0 Å². The topological polar surface area (TPSA) is 48.5 Å². The van der Waals surface area contributed by atoms with E-state index >= 15 is 0 Å². The number of aromatic nitrogens is 5. The van der Waals surface area contributed by atoms with E-state index in [0.717, 1.165) is 34.1 Å². The number of para-hydroxylation sites is 4. The molecular weight excluding hydrogens is 562 g/mol. The summed E-state index contributed by atoms with van der Waals surface area (Å²) in [7, 11) is 0. The van der Waals surface area contributed by atoms with Gasteiger partial charge in [0.05, 0.1) is 22.1 Å². The minimum absolute atomic E-state index is 0.0687. The quantitative estimate of drug-likeness (QED) is 0.204. The molecule has 0 aliphatic heterocycles. The first kappa shape index (κ1) is 27.1. The molecule has 3 aromatic heterocycles. The van der Waals surface area contributed by atoms with Gasteiger partial charge in [0.2, 0.25) is 11.9 Å². The van der Waals surface area contributed by atoms with Gasteiger partial charge in [-0.05, 0) is 65.1 Å². The zero-order chi connectivity index (χ0) is 31.2. The molecule has 5 heteroatoms. The fraction of sp³-hybridized carbons (Fsp3) is 0.195. The zero-order valence-corrected chi connectivity index (χ0v) is 26.6. The van der Waals surface area contributed by atoms with Gasteiger partial charge in [-0.3, -0.25) is 9.13 Å². The van der Waals surface area contributed by atoms with Crippen molar-refractivity contribution in [3.05, 3.63) is 126 Å². The highest BCUT2D eigenvalue weighted by molar-refractivity contribution is 6.10. The second-order valence-electron chi connectivity index (χ2n) is 14.0. The maximum atomic E-state index is 5.29. The number of rotatable bonds is 3. The number of benzene rings is 5. The molecular formula is C41H35N5. The number of hydrogen-bond donors (Lipinski definition) is 0. The Balaban J connectivity index is 1.38. The summed E-state index contributed by atoms with van der Waals surface area (Å²) in [6, 6.07) is 40.9. The van der Waals surface area contributed by atoms with Gasteiger partial charge in [0, 0.05) is 27.1 Å². The highest BCUT2D eigenvalue weighted by Gasteiger charge is 2.37. The van der Waals surface area contributed by atoms with Crippen molar-refractivity contribution < 1.29 is 0 Å². The Bertz CT molecular complexity index is 2250. The Labute approximate surface area is 268 Å². The first-order chi connectivity index (χ1) is 22.3. The van der Waals surface area contributed by atoms with Gasteiger partial charge in [-0.15, -0.1) is 0 Å². The third kappa shape index (κ3) is 3.91. The van der Waals surface area contributed by atoms with Crippen molar-refractivity contribution in [3.63, 3.8) is 0 Å². The van der Waals surface area contributed by atoms with Gasteiger partial charge in [-0.25, -0.2) is 0 Å². The molecule has 5 aromatic carbocycles. The van der Waals surface area contributed by atoms with E-state index < -0.39 is 0 Å². The van der Waals surface area contributed by atoms with Gasteiger partial charge in [0.25, 0.3) is 0 Å². The van der Waals surface area contributed by atoms with Gasteiger partial charge < -0.3 is 0 Å². The van der Waals surface area contributed by atoms with Crippen LogP contribution >= 0.6 is 0 Å². The molecule has 8 aromatic rings. The highest BCUT2D eigenvalue weighted by atomic mass is 15.3. The molecule has 0 radical (unpaired) electrons. The van der Waals surface area contributed by atoms with Crippen LogP contribution in [0.2, 0.25) is 0 Å².